The number of carboxylic acids is 1. The summed E-state index contributed by atoms with van der Waals surface area (Å²) in [6.45, 7) is 2.20. The van der Waals surface area contributed by atoms with Gasteiger partial charge in [0.2, 0.25) is 0 Å². The lowest BCUT2D eigenvalue weighted by Crippen LogP contribution is -2.03. The molecule has 1 N–H and O–H groups in total. The summed E-state index contributed by atoms with van der Waals surface area (Å²) in [6, 6.07) is 0. The first-order valence-corrected chi connectivity index (χ1v) is 6.73. The average Bonchev–Trinajstić information content (AvgIpc) is 2.34. The van der Waals surface area contributed by atoms with Gasteiger partial charge in [0.05, 0.1) is 19.1 Å². The number of carbonyl (C=O) groups is 2. The Balaban J connectivity index is 3.32. The third-order valence-corrected chi connectivity index (χ3v) is 2.56. The van der Waals surface area contributed by atoms with Gasteiger partial charge in [-0.25, -0.2) is 0 Å². The van der Waals surface area contributed by atoms with Gasteiger partial charge in [-0.3, -0.25) is 9.59 Å². The first-order chi connectivity index (χ1) is 8.66. The van der Waals surface area contributed by atoms with E-state index in [2.05, 4.69) is 6.92 Å². The van der Waals surface area contributed by atoms with E-state index in [4.69, 9.17) is 9.84 Å². The molecule has 0 rings (SSSR count). The summed E-state index contributed by atoms with van der Waals surface area (Å²) in [6.07, 6.45) is 11.3. The lowest BCUT2D eigenvalue weighted by atomic mass is 10.1. The second kappa shape index (κ2) is 12.1. The predicted octanol–water partition coefficient (Wildman–Crippen LogP) is 3.66. The maximum atomic E-state index is 11.0. The average molecular weight is 256 g/mol. The Hall–Kier alpha value is -1.32. The minimum atomic E-state index is -0.983. The normalized spacial score (nSPS) is 10.7. The molecule has 0 atom stereocenters. The van der Waals surface area contributed by atoms with Crippen LogP contribution in [0.2, 0.25) is 0 Å². The maximum absolute atomic E-state index is 11.0. The van der Waals surface area contributed by atoms with Gasteiger partial charge in [0, 0.05) is 0 Å². The van der Waals surface area contributed by atoms with Crippen LogP contribution < -0.4 is 0 Å². The monoisotopic (exact) mass is 256 g/mol. The molecule has 18 heavy (non-hydrogen) atoms. The Morgan fingerprint density at radius 3 is 2.39 bits per heavy atom. The van der Waals surface area contributed by atoms with E-state index in [0.717, 1.165) is 12.8 Å². The maximum Gasteiger partial charge on any atom is 0.311 e. The van der Waals surface area contributed by atoms with Crippen LogP contribution in [-0.4, -0.2) is 17.0 Å². The Morgan fingerprint density at radius 1 is 1.06 bits per heavy atom. The molecule has 0 amide bonds. The first kappa shape index (κ1) is 16.7. The van der Waals surface area contributed by atoms with Crippen LogP contribution in [-0.2, 0) is 14.3 Å². The largest absolute Gasteiger partial charge is 0.481 e. The number of hydrogen-bond donors (Lipinski definition) is 1. The van der Waals surface area contributed by atoms with E-state index in [1.165, 1.54) is 38.4 Å². The van der Waals surface area contributed by atoms with Crippen molar-refractivity contribution in [2.75, 3.05) is 0 Å². The minimum Gasteiger partial charge on any atom is -0.481 e. The second-order valence-electron chi connectivity index (χ2n) is 4.31. The Bertz CT molecular complexity index is 259. The number of esters is 1. The molecule has 0 bridgehead atoms. The smallest absolute Gasteiger partial charge is 0.311 e. The van der Waals surface area contributed by atoms with E-state index in [0.29, 0.717) is 0 Å². The Labute approximate surface area is 109 Å². The van der Waals surface area contributed by atoms with E-state index in [9.17, 15) is 9.59 Å². The van der Waals surface area contributed by atoms with Gasteiger partial charge in [0.25, 0.3) is 0 Å². The Morgan fingerprint density at radius 2 is 1.72 bits per heavy atom. The summed E-state index contributed by atoms with van der Waals surface area (Å²) in [7, 11) is 0. The van der Waals surface area contributed by atoms with Crippen molar-refractivity contribution in [3.8, 4) is 0 Å². The molecule has 0 aliphatic heterocycles. The molecular weight excluding hydrogens is 232 g/mol. The zero-order valence-corrected chi connectivity index (χ0v) is 11.2. The van der Waals surface area contributed by atoms with Crippen LogP contribution in [0.5, 0.6) is 0 Å². The van der Waals surface area contributed by atoms with Gasteiger partial charge in [-0.2, -0.15) is 0 Å². The third-order valence-electron chi connectivity index (χ3n) is 2.56. The standard InChI is InChI=1S/C14H24O4/c1-2-3-4-5-6-7-8-9-12-18-14(17)11-10-13(15)16/h9,12H,2-8,10-11H2,1H3,(H,15,16). The van der Waals surface area contributed by atoms with Crippen molar-refractivity contribution in [2.45, 2.75) is 64.7 Å². The second-order valence-corrected chi connectivity index (χ2v) is 4.31. The van der Waals surface area contributed by atoms with Crippen molar-refractivity contribution in [3.05, 3.63) is 12.3 Å². The van der Waals surface area contributed by atoms with Gasteiger partial charge in [-0.05, 0) is 18.9 Å². The van der Waals surface area contributed by atoms with Crippen LogP contribution in [0, 0.1) is 0 Å². The van der Waals surface area contributed by atoms with Crippen LogP contribution in [0.4, 0.5) is 0 Å². The summed E-state index contributed by atoms with van der Waals surface area (Å²) in [5.41, 5.74) is 0. The zero-order valence-electron chi connectivity index (χ0n) is 11.2. The van der Waals surface area contributed by atoms with Crippen LogP contribution in [0.25, 0.3) is 0 Å². The summed E-state index contributed by atoms with van der Waals surface area (Å²) < 4.78 is 4.75. The van der Waals surface area contributed by atoms with Gasteiger partial charge in [-0.15, -0.1) is 0 Å². The van der Waals surface area contributed by atoms with E-state index in [-0.39, 0.29) is 12.8 Å². The first-order valence-electron chi connectivity index (χ1n) is 6.73. The molecule has 0 saturated carbocycles. The predicted molar refractivity (Wildman–Crippen MR) is 70.1 cm³/mol. The van der Waals surface area contributed by atoms with Gasteiger partial charge >= 0.3 is 11.9 Å². The number of rotatable bonds is 11. The summed E-state index contributed by atoms with van der Waals surface area (Å²) in [4.78, 5) is 21.2. The van der Waals surface area contributed by atoms with Crippen LogP contribution in [0.3, 0.4) is 0 Å². The summed E-state index contributed by atoms with van der Waals surface area (Å²) >= 11 is 0. The van der Waals surface area contributed by atoms with Crippen LogP contribution in [0.1, 0.15) is 64.7 Å². The number of aliphatic carboxylic acids is 1. The number of hydrogen-bond acceptors (Lipinski definition) is 3. The highest BCUT2D eigenvalue weighted by Crippen LogP contribution is 2.07. The molecule has 0 radical (unpaired) electrons. The van der Waals surface area contributed by atoms with Crippen molar-refractivity contribution in [1.82, 2.24) is 0 Å². The molecule has 0 unspecified atom stereocenters. The molecule has 0 fully saturated rings. The quantitative estimate of drug-likeness (QED) is 0.348. The van der Waals surface area contributed by atoms with Crippen molar-refractivity contribution in [3.63, 3.8) is 0 Å². The van der Waals surface area contributed by atoms with Gasteiger partial charge in [0.15, 0.2) is 0 Å². The molecule has 0 saturated heterocycles. The lowest BCUT2D eigenvalue weighted by Gasteiger charge is -1.98. The summed E-state index contributed by atoms with van der Waals surface area (Å²) in [5.74, 6) is -1.47. The fourth-order valence-electron chi connectivity index (χ4n) is 1.50. The molecule has 0 aliphatic rings. The van der Waals surface area contributed by atoms with E-state index in [1.807, 2.05) is 6.08 Å². The lowest BCUT2D eigenvalue weighted by molar-refractivity contribution is -0.144. The summed E-state index contributed by atoms with van der Waals surface area (Å²) in [5, 5.41) is 8.37. The highest BCUT2D eigenvalue weighted by molar-refractivity contribution is 5.76. The number of unbranched alkanes of at least 4 members (excludes halogenated alkanes) is 6. The van der Waals surface area contributed by atoms with Crippen molar-refractivity contribution >= 4 is 11.9 Å². The molecule has 0 aliphatic carbocycles. The topological polar surface area (TPSA) is 63.6 Å². The van der Waals surface area contributed by atoms with Crippen molar-refractivity contribution < 1.29 is 19.4 Å². The minimum absolute atomic E-state index is 0.0727. The molecule has 0 aromatic rings. The van der Waals surface area contributed by atoms with E-state index >= 15 is 0 Å². The zero-order chi connectivity index (χ0) is 13.6. The van der Waals surface area contributed by atoms with E-state index in [1.54, 1.807) is 0 Å². The SMILES string of the molecule is CCCCCCCCC=COC(=O)CCC(=O)O. The molecule has 4 nitrogen and oxygen atoms in total. The molecule has 0 heterocycles. The molecular formula is C14H24O4. The number of carboxylic acid groups (broad SMARTS) is 1. The fraction of sp³-hybridized carbons (Fsp3) is 0.714. The molecule has 0 aromatic carbocycles. The highest BCUT2D eigenvalue weighted by Gasteiger charge is 2.04. The molecule has 4 heteroatoms. The highest BCUT2D eigenvalue weighted by atomic mass is 16.5. The number of carbonyl (C=O) groups excluding carboxylic acids is 1. The van der Waals surface area contributed by atoms with Gasteiger partial charge in [-0.1, -0.05) is 39.0 Å². The van der Waals surface area contributed by atoms with Gasteiger partial charge in [0.1, 0.15) is 0 Å². The van der Waals surface area contributed by atoms with Crippen molar-refractivity contribution in [1.29, 1.82) is 0 Å². The molecule has 104 valence electrons. The molecule has 0 aromatic heterocycles. The van der Waals surface area contributed by atoms with Crippen LogP contribution in [0.15, 0.2) is 12.3 Å². The van der Waals surface area contributed by atoms with E-state index < -0.39 is 11.9 Å². The Kier molecular flexibility index (Phi) is 11.3. The molecule has 0 spiro atoms. The van der Waals surface area contributed by atoms with Gasteiger partial charge < -0.3 is 9.84 Å². The number of allylic oxidation sites excluding steroid dienone is 1. The van der Waals surface area contributed by atoms with Crippen LogP contribution >= 0.6 is 0 Å². The number of ether oxygens (including phenoxy) is 1. The fourth-order valence-corrected chi connectivity index (χ4v) is 1.50. The van der Waals surface area contributed by atoms with Crippen molar-refractivity contribution in [2.24, 2.45) is 0 Å². The third kappa shape index (κ3) is 12.7.